The number of halogens is 1. The van der Waals surface area contributed by atoms with Crippen molar-refractivity contribution in [1.82, 2.24) is 5.32 Å². The van der Waals surface area contributed by atoms with Crippen molar-refractivity contribution in [3.63, 3.8) is 0 Å². The number of ether oxygens (including phenoxy) is 2. The van der Waals surface area contributed by atoms with Gasteiger partial charge in [-0.2, -0.15) is 0 Å². The van der Waals surface area contributed by atoms with Crippen molar-refractivity contribution >= 4 is 29.9 Å². The topological polar surface area (TPSA) is 89.1 Å². The van der Waals surface area contributed by atoms with Crippen LogP contribution in [-0.2, 0) is 13.0 Å². The minimum atomic E-state index is 0. The Hall–Kier alpha value is -2.16. The van der Waals surface area contributed by atoms with Crippen molar-refractivity contribution in [1.29, 1.82) is 0 Å². The van der Waals surface area contributed by atoms with E-state index < -0.39 is 0 Å². The standard InChI is InChI=1S/C19H25N3O3.HI/c1-24-17-10-7-15(12-18(17)25-2)13-22-19(20)21-11-3-4-14-5-8-16(23)9-6-14;/h5-10,12,23H,3-4,11,13H2,1-2H3,(H3,20,21,22);1H. The lowest BCUT2D eigenvalue weighted by Gasteiger charge is -2.09. The van der Waals surface area contributed by atoms with Crippen molar-refractivity contribution in [3.05, 3.63) is 53.6 Å². The lowest BCUT2D eigenvalue weighted by molar-refractivity contribution is 0.354. The van der Waals surface area contributed by atoms with E-state index in [0.717, 1.165) is 24.9 Å². The molecule has 0 bridgehead atoms. The first-order valence-electron chi connectivity index (χ1n) is 8.15. The van der Waals surface area contributed by atoms with Gasteiger partial charge in [0.2, 0.25) is 0 Å². The molecule has 0 aliphatic rings. The summed E-state index contributed by atoms with van der Waals surface area (Å²) >= 11 is 0. The first kappa shape index (κ1) is 21.9. The van der Waals surface area contributed by atoms with E-state index in [0.29, 0.717) is 24.0 Å². The second-order valence-electron chi connectivity index (χ2n) is 5.59. The number of phenols is 1. The zero-order valence-corrected chi connectivity index (χ0v) is 17.4. The van der Waals surface area contributed by atoms with E-state index in [9.17, 15) is 5.11 Å². The third kappa shape index (κ3) is 6.99. The third-order valence-corrected chi connectivity index (χ3v) is 3.76. The first-order chi connectivity index (χ1) is 12.1. The Balaban J connectivity index is 0.00000338. The van der Waals surface area contributed by atoms with Gasteiger partial charge in [-0.3, -0.25) is 0 Å². The van der Waals surface area contributed by atoms with Crippen molar-refractivity contribution in [2.24, 2.45) is 10.7 Å². The van der Waals surface area contributed by atoms with Crippen LogP contribution in [0.4, 0.5) is 0 Å². The number of nitrogens with zero attached hydrogens (tertiary/aromatic N) is 1. The van der Waals surface area contributed by atoms with E-state index in [1.54, 1.807) is 26.4 Å². The quantitative estimate of drug-likeness (QED) is 0.238. The van der Waals surface area contributed by atoms with Crippen LogP contribution in [0.1, 0.15) is 17.5 Å². The van der Waals surface area contributed by atoms with Gasteiger partial charge in [-0.1, -0.05) is 18.2 Å². The lowest BCUT2D eigenvalue weighted by atomic mass is 10.1. The molecule has 4 N–H and O–H groups in total. The van der Waals surface area contributed by atoms with Gasteiger partial charge >= 0.3 is 0 Å². The van der Waals surface area contributed by atoms with Gasteiger partial charge in [0.1, 0.15) is 5.75 Å². The van der Waals surface area contributed by atoms with E-state index >= 15 is 0 Å². The molecule has 2 rings (SSSR count). The van der Waals surface area contributed by atoms with Crippen LogP contribution in [0.2, 0.25) is 0 Å². The molecule has 0 radical (unpaired) electrons. The van der Waals surface area contributed by atoms with Gasteiger partial charge in [-0.05, 0) is 48.2 Å². The van der Waals surface area contributed by atoms with Crippen molar-refractivity contribution in [3.8, 4) is 17.2 Å². The molecule has 0 saturated carbocycles. The Morgan fingerprint density at radius 3 is 2.35 bits per heavy atom. The number of hydrogen-bond donors (Lipinski definition) is 3. The second kappa shape index (κ2) is 11.5. The van der Waals surface area contributed by atoms with Crippen molar-refractivity contribution in [2.45, 2.75) is 19.4 Å². The Morgan fingerprint density at radius 2 is 1.69 bits per heavy atom. The molecule has 0 spiro atoms. The van der Waals surface area contributed by atoms with Crippen molar-refractivity contribution in [2.75, 3.05) is 20.8 Å². The highest BCUT2D eigenvalue weighted by Gasteiger charge is 2.04. The molecule has 0 aromatic heterocycles. The molecule has 0 fully saturated rings. The molecule has 0 saturated heterocycles. The number of aliphatic imine (C=N–C) groups is 1. The van der Waals surface area contributed by atoms with E-state index in [1.807, 2.05) is 30.3 Å². The molecule has 7 heteroatoms. The number of hydrogen-bond acceptors (Lipinski definition) is 4. The number of nitrogens with one attached hydrogen (secondary N) is 1. The van der Waals surface area contributed by atoms with Crippen LogP contribution in [0.3, 0.4) is 0 Å². The van der Waals surface area contributed by atoms with Crippen LogP contribution in [0.25, 0.3) is 0 Å². The number of aromatic hydroxyl groups is 1. The summed E-state index contributed by atoms with van der Waals surface area (Å²) in [5, 5.41) is 12.4. The number of methoxy groups -OCH3 is 2. The molecule has 0 aliphatic carbocycles. The summed E-state index contributed by atoms with van der Waals surface area (Å²) in [4.78, 5) is 4.34. The molecule has 2 aromatic carbocycles. The molecule has 0 aliphatic heterocycles. The van der Waals surface area contributed by atoms with Crippen molar-refractivity contribution < 1.29 is 14.6 Å². The van der Waals surface area contributed by atoms with Crippen LogP contribution < -0.4 is 20.5 Å². The summed E-state index contributed by atoms with van der Waals surface area (Å²) < 4.78 is 10.5. The average Bonchev–Trinajstić information content (AvgIpc) is 2.64. The van der Waals surface area contributed by atoms with Gasteiger partial charge < -0.3 is 25.6 Å². The maximum atomic E-state index is 9.26. The molecular weight excluding hydrogens is 445 g/mol. The van der Waals surface area contributed by atoms with E-state index in [4.69, 9.17) is 15.2 Å². The maximum Gasteiger partial charge on any atom is 0.188 e. The normalized spacial score (nSPS) is 10.8. The predicted molar refractivity (Wildman–Crippen MR) is 115 cm³/mol. The number of benzene rings is 2. The number of rotatable bonds is 8. The third-order valence-electron chi connectivity index (χ3n) is 3.76. The molecule has 2 aromatic rings. The highest BCUT2D eigenvalue weighted by molar-refractivity contribution is 14.0. The smallest absolute Gasteiger partial charge is 0.188 e. The maximum absolute atomic E-state index is 9.26. The van der Waals surface area contributed by atoms with Gasteiger partial charge in [-0.15, -0.1) is 24.0 Å². The minimum absolute atomic E-state index is 0. The van der Waals surface area contributed by atoms with Gasteiger partial charge in [0.05, 0.1) is 20.8 Å². The zero-order valence-electron chi connectivity index (χ0n) is 15.1. The number of nitrogens with two attached hydrogens (primary N) is 1. The zero-order chi connectivity index (χ0) is 18.1. The molecule has 0 amide bonds. The molecule has 6 nitrogen and oxygen atoms in total. The van der Waals surface area contributed by atoms with E-state index in [1.165, 1.54) is 5.56 Å². The van der Waals surface area contributed by atoms with E-state index in [-0.39, 0.29) is 29.7 Å². The van der Waals surface area contributed by atoms with Gasteiger partial charge in [0, 0.05) is 6.54 Å². The van der Waals surface area contributed by atoms with Crippen LogP contribution in [0, 0.1) is 0 Å². The predicted octanol–water partition coefficient (Wildman–Crippen LogP) is 3.06. The Bertz CT molecular complexity index is 706. The number of guanidine groups is 1. The highest BCUT2D eigenvalue weighted by Crippen LogP contribution is 2.27. The highest BCUT2D eigenvalue weighted by atomic mass is 127. The molecule has 0 heterocycles. The summed E-state index contributed by atoms with van der Waals surface area (Å²) in [6.07, 6.45) is 1.84. The first-order valence-corrected chi connectivity index (χ1v) is 8.15. The summed E-state index contributed by atoms with van der Waals surface area (Å²) in [7, 11) is 3.21. The summed E-state index contributed by atoms with van der Waals surface area (Å²) in [6.45, 7) is 1.21. The average molecular weight is 471 g/mol. The van der Waals surface area contributed by atoms with Crippen LogP contribution in [0.5, 0.6) is 17.2 Å². The summed E-state index contributed by atoms with van der Waals surface area (Å²) in [6, 6.07) is 12.9. The fourth-order valence-electron chi connectivity index (χ4n) is 2.38. The SMILES string of the molecule is COc1ccc(CN=C(N)NCCCc2ccc(O)cc2)cc1OC.I. The van der Waals surface area contributed by atoms with Gasteiger partial charge in [0.15, 0.2) is 17.5 Å². The monoisotopic (exact) mass is 471 g/mol. The number of phenolic OH excluding ortho intramolecular Hbond substituents is 1. The minimum Gasteiger partial charge on any atom is -0.508 e. The van der Waals surface area contributed by atoms with Crippen LogP contribution in [0.15, 0.2) is 47.5 Å². The summed E-state index contributed by atoms with van der Waals surface area (Å²) in [5.41, 5.74) is 8.07. The second-order valence-corrected chi connectivity index (χ2v) is 5.59. The van der Waals surface area contributed by atoms with Crippen LogP contribution >= 0.6 is 24.0 Å². The van der Waals surface area contributed by atoms with Crippen LogP contribution in [-0.4, -0.2) is 31.8 Å². The molecule has 142 valence electrons. The van der Waals surface area contributed by atoms with E-state index in [2.05, 4.69) is 10.3 Å². The fourth-order valence-corrected chi connectivity index (χ4v) is 2.38. The lowest BCUT2D eigenvalue weighted by Crippen LogP contribution is -2.32. The largest absolute Gasteiger partial charge is 0.508 e. The number of aryl methyl sites for hydroxylation is 1. The fraction of sp³-hybridized carbons (Fsp3) is 0.316. The molecule has 0 unspecified atom stereocenters. The summed E-state index contributed by atoms with van der Waals surface area (Å²) in [5.74, 6) is 2.07. The molecule has 0 atom stereocenters. The Labute approximate surface area is 171 Å². The Morgan fingerprint density at radius 1 is 1.04 bits per heavy atom. The Kier molecular flexibility index (Phi) is 9.64. The van der Waals surface area contributed by atoms with Gasteiger partial charge in [-0.25, -0.2) is 4.99 Å². The molecule has 26 heavy (non-hydrogen) atoms. The molecular formula is C19H26IN3O3. The van der Waals surface area contributed by atoms with Gasteiger partial charge in [0.25, 0.3) is 0 Å².